The second-order valence-electron chi connectivity index (χ2n) is 7.43. The summed E-state index contributed by atoms with van der Waals surface area (Å²) in [6.45, 7) is 1.92. The molecule has 1 aliphatic rings. The van der Waals surface area contributed by atoms with Crippen molar-refractivity contribution in [1.29, 1.82) is 0 Å². The van der Waals surface area contributed by atoms with Crippen LogP contribution in [0.3, 0.4) is 0 Å². The van der Waals surface area contributed by atoms with Gasteiger partial charge in [-0.25, -0.2) is 4.79 Å². The second kappa shape index (κ2) is 8.31. The number of rotatable bonds is 5. The predicted octanol–water partition coefficient (Wildman–Crippen LogP) is 3.65. The van der Waals surface area contributed by atoms with Crippen LogP contribution < -0.4 is 0 Å². The molecule has 2 aromatic carbocycles. The van der Waals surface area contributed by atoms with Crippen LogP contribution in [0, 0.1) is 0 Å². The van der Waals surface area contributed by atoms with Crippen LogP contribution in [0.4, 0.5) is 0 Å². The Kier molecular flexibility index (Phi) is 5.42. The van der Waals surface area contributed by atoms with E-state index in [1.165, 1.54) is 0 Å². The Labute approximate surface area is 169 Å². The van der Waals surface area contributed by atoms with E-state index in [2.05, 4.69) is 5.10 Å². The first-order valence-electron chi connectivity index (χ1n) is 9.79. The lowest BCUT2D eigenvalue weighted by molar-refractivity contribution is 0.0687. The number of nitrogens with zero attached hydrogens (tertiary/aromatic N) is 3. The number of aromatic nitrogens is 2. The van der Waals surface area contributed by atoms with E-state index >= 15 is 0 Å². The minimum Gasteiger partial charge on any atom is -0.478 e. The van der Waals surface area contributed by atoms with Gasteiger partial charge in [-0.2, -0.15) is 5.10 Å². The Bertz CT molecular complexity index is 1010. The Hall–Kier alpha value is -3.41. The van der Waals surface area contributed by atoms with Crippen LogP contribution in [-0.2, 0) is 6.54 Å². The van der Waals surface area contributed by atoms with Crippen molar-refractivity contribution in [3.8, 4) is 0 Å². The first-order valence-corrected chi connectivity index (χ1v) is 9.79. The molecular weight excluding hydrogens is 366 g/mol. The van der Waals surface area contributed by atoms with Gasteiger partial charge in [0.2, 0.25) is 0 Å². The van der Waals surface area contributed by atoms with Crippen LogP contribution in [0.5, 0.6) is 0 Å². The van der Waals surface area contributed by atoms with Crippen LogP contribution in [0.1, 0.15) is 50.6 Å². The minimum atomic E-state index is -0.929. The quantitative estimate of drug-likeness (QED) is 0.723. The Morgan fingerprint density at radius 2 is 1.90 bits per heavy atom. The van der Waals surface area contributed by atoms with E-state index in [0.717, 1.165) is 24.0 Å². The molecule has 1 amide bonds. The summed E-state index contributed by atoms with van der Waals surface area (Å²) in [7, 11) is 0. The fraction of sp³-hybridized carbons (Fsp3) is 0.261. The third-order valence-electron chi connectivity index (χ3n) is 5.38. The van der Waals surface area contributed by atoms with Crippen molar-refractivity contribution in [2.24, 2.45) is 0 Å². The molecule has 0 saturated carbocycles. The number of carbonyl (C=O) groups excluding carboxylic acids is 1. The molecule has 0 spiro atoms. The minimum absolute atomic E-state index is 0.0246. The average Bonchev–Trinajstić information content (AvgIpc) is 3.22. The molecule has 2 heterocycles. The van der Waals surface area contributed by atoms with Crippen LogP contribution in [-0.4, -0.2) is 44.8 Å². The second-order valence-corrected chi connectivity index (χ2v) is 7.43. The van der Waals surface area contributed by atoms with Crippen molar-refractivity contribution in [3.63, 3.8) is 0 Å². The number of carbonyl (C=O) groups is 2. The summed E-state index contributed by atoms with van der Waals surface area (Å²) in [5.74, 6) is -0.809. The molecule has 4 rings (SSSR count). The zero-order valence-electron chi connectivity index (χ0n) is 16.1. The largest absolute Gasteiger partial charge is 0.478 e. The van der Waals surface area contributed by atoms with Crippen molar-refractivity contribution in [2.75, 3.05) is 13.1 Å². The lowest BCUT2D eigenvalue weighted by Crippen LogP contribution is -2.39. The van der Waals surface area contributed by atoms with Gasteiger partial charge in [0.15, 0.2) is 0 Å². The van der Waals surface area contributed by atoms with Gasteiger partial charge in [-0.3, -0.25) is 9.48 Å². The fourth-order valence-corrected chi connectivity index (χ4v) is 3.87. The van der Waals surface area contributed by atoms with Crippen LogP contribution in [0.25, 0.3) is 0 Å². The van der Waals surface area contributed by atoms with Gasteiger partial charge in [-0.05, 0) is 36.1 Å². The third kappa shape index (κ3) is 4.37. The van der Waals surface area contributed by atoms with E-state index in [4.69, 9.17) is 0 Å². The molecule has 29 heavy (non-hydrogen) atoms. The van der Waals surface area contributed by atoms with Gasteiger partial charge in [-0.15, -0.1) is 0 Å². The summed E-state index contributed by atoms with van der Waals surface area (Å²) >= 11 is 0. The highest BCUT2D eigenvalue weighted by atomic mass is 16.4. The van der Waals surface area contributed by atoms with Crippen molar-refractivity contribution in [2.45, 2.75) is 25.3 Å². The standard InChI is InChI=1S/C23H23N3O3/c27-22(21-13-24-26(16-21)14-17-6-2-1-3-7-17)25-11-5-10-20(15-25)18-8-4-9-19(12-18)23(28)29/h1-4,6-9,12-13,16,20H,5,10-11,14-15H2,(H,28,29)/t20-/m1/s1. The zero-order chi connectivity index (χ0) is 20.2. The Morgan fingerprint density at radius 1 is 1.07 bits per heavy atom. The molecule has 0 bridgehead atoms. The molecule has 6 nitrogen and oxygen atoms in total. The summed E-state index contributed by atoms with van der Waals surface area (Å²) in [6.07, 6.45) is 5.26. The summed E-state index contributed by atoms with van der Waals surface area (Å²) in [5.41, 5.74) is 2.97. The van der Waals surface area contributed by atoms with Gasteiger partial charge in [0.1, 0.15) is 0 Å². The predicted molar refractivity (Wildman–Crippen MR) is 109 cm³/mol. The number of carboxylic acid groups (broad SMARTS) is 1. The van der Waals surface area contributed by atoms with E-state index in [1.54, 1.807) is 35.3 Å². The summed E-state index contributed by atoms with van der Waals surface area (Å²) in [5, 5.41) is 13.6. The number of piperidine rings is 1. The molecule has 6 heteroatoms. The number of aromatic carboxylic acids is 1. The maximum atomic E-state index is 13.0. The molecule has 1 aromatic heterocycles. The van der Waals surface area contributed by atoms with E-state index in [1.807, 2.05) is 41.3 Å². The van der Waals surface area contributed by atoms with Crippen molar-refractivity contribution in [3.05, 3.63) is 89.2 Å². The number of hydrogen-bond acceptors (Lipinski definition) is 3. The smallest absolute Gasteiger partial charge is 0.335 e. The zero-order valence-corrected chi connectivity index (χ0v) is 16.1. The Morgan fingerprint density at radius 3 is 2.69 bits per heavy atom. The topological polar surface area (TPSA) is 75.4 Å². The molecule has 1 aliphatic heterocycles. The number of amides is 1. The first-order chi connectivity index (χ1) is 14.1. The SMILES string of the molecule is O=C(O)c1cccc([C@@H]2CCCN(C(=O)c3cnn(Cc4ccccc4)c3)C2)c1. The van der Waals surface area contributed by atoms with E-state index in [0.29, 0.717) is 25.2 Å². The maximum absolute atomic E-state index is 13.0. The van der Waals surface area contributed by atoms with Gasteiger partial charge in [0.25, 0.3) is 5.91 Å². The van der Waals surface area contributed by atoms with Crippen molar-refractivity contribution < 1.29 is 14.7 Å². The van der Waals surface area contributed by atoms with Crippen LogP contribution in [0.15, 0.2) is 67.0 Å². The van der Waals surface area contributed by atoms with Gasteiger partial charge in [0, 0.05) is 25.2 Å². The van der Waals surface area contributed by atoms with E-state index < -0.39 is 5.97 Å². The van der Waals surface area contributed by atoms with Crippen LogP contribution >= 0.6 is 0 Å². The molecule has 1 fully saturated rings. The molecular formula is C23H23N3O3. The molecule has 3 aromatic rings. The fourth-order valence-electron chi connectivity index (χ4n) is 3.87. The molecule has 148 valence electrons. The third-order valence-corrected chi connectivity index (χ3v) is 5.38. The molecule has 1 saturated heterocycles. The monoisotopic (exact) mass is 389 g/mol. The summed E-state index contributed by atoms with van der Waals surface area (Å²) < 4.78 is 1.78. The average molecular weight is 389 g/mol. The highest BCUT2D eigenvalue weighted by Gasteiger charge is 2.26. The number of carboxylic acids is 1. The molecule has 0 radical (unpaired) electrons. The van der Waals surface area contributed by atoms with Crippen molar-refractivity contribution >= 4 is 11.9 Å². The highest BCUT2D eigenvalue weighted by Crippen LogP contribution is 2.28. The first kappa shape index (κ1) is 18.9. The van der Waals surface area contributed by atoms with Gasteiger partial charge >= 0.3 is 5.97 Å². The molecule has 0 aliphatic carbocycles. The van der Waals surface area contributed by atoms with Crippen LogP contribution in [0.2, 0.25) is 0 Å². The number of benzene rings is 2. The molecule has 0 unspecified atom stereocenters. The molecule has 1 N–H and O–H groups in total. The number of likely N-dealkylation sites (tertiary alicyclic amines) is 1. The van der Waals surface area contributed by atoms with Gasteiger partial charge in [0.05, 0.1) is 23.9 Å². The number of hydrogen-bond donors (Lipinski definition) is 1. The lowest BCUT2D eigenvalue weighted by Gasteiger charge is -2.33. The van der Waals surface area contributed by atoms with Gasteiger partial charge < -0.3 is 10.0 Å². The normalized spacial score (nSPS) is 16.6. The summed E-state index contributed by atoms with van der Waals surface area (Å²) in [4.78, 5) is 26.1. The van der Waals surface area contributed by atoms with E-state index in [-0.39, 0.29) is 17.4 Å². The maximum Gasteiger partial charge on any atom is 0.335 e. The molecule has 1 atom stereocenters. The van der Waals surface area contributed by atoms with E-state index in [9.17, 15) is 14.7 Å². The summed E-state index contributed by atoms with van der Waals surface area (Å²) in [6, 6.07) is 17.0. The van der Waals surface area contributed by atoms with Crippen molar-refractivity contribution in [1.82, 2.24) is 14.7 Å². The Balaban J connectivity index is 1.45. The lowest BCUT2D eigenvalue weighted by atomic mass is 9.89. The highest BCUT2D eigenvalue weighted by molar-refractivity contribution is 5.94. The van der Waals surface area contributed by atoms with Gasteiger partial charge in [-0.1, -0.05) is 42.5 Å².